The molecule has 0 unspecified atom stereocenters. The van der Waals surface area contributed by atoms with Crippen LogP contribution in [0, 0.1) is 5.92 Å². The minimum absolute atomic E-state index is 0.00879. The third-order valence-electron chi connectivity index (χ3n) is 4.78. The van der Waals surface area contributed by atoms with Crippen LogP contribution in [-0.2, 0) is 4.79 Å². The van der Waals surface area contributed by atoms with E-state index in [0.717, 1.165) is 36.2 Å². The number of hydrogen-bond acceptors (Lipinski definition) is 6. The first-order chi connectivity index (χ1) is 13.6. The van der Waals surface area contributed by atoms with Crippen molar-refractivity contribution in [1.82, 2.24) is 14.8 Å². The van der Waals surface area contributed by atoms with E-state index in [4.69, 9.17) is 16.3 Å². The molecule has 1 N–H and O–H groups in total. The number of rotatable bonds is 5. The normalized spacial score (nSPS) is 14.9. The van der Waals surface area contributed by atoms with E-state index in [1.165, 1.54) is 0 Å². The zero-order valence-electron chi connectivity index (χ0n) is 15.3. The van der Waals surface area contributed by atoms with Crippen molar-refractivity contribution in [3.8, 4) is 10.9 Å². The molecule has 146 valence electrons. The minimum Gasteiger partial charge on any atom is -0.495 e. The summed E-state index contributed by atoms with van der Waals surface area (Å²) >= 11 is 7.59. The Balaban J connectivity index is 1.36. The lowest BCUT2D eigenvalue weighted by Gasteiger charge is -2.30. The molecule has 1 amide bonds. The highest BCUT2D eigenvalue weighted by atomic mass is 35.5. The van der Waals surface area contributed by atoms with Gasteiger partial charge in [0.2, 0.25) is 16.2 Å². The van der Waals surface area contributed by atoms with E-state index in [9.17, 15) is 4.79 Å². The summed E-state index contributed by atoms with van der Waals surface area (Å²) < 4.78 is 7.24. The lowest BCUT2D eigenvalue weighted by atomic mass is 9.96. The van der Waals surface area contributed by atoms with Gasteiger partial charge in [0.1, 0.15) is 5.75 Å². The van der Waals surface area contributed by atoms with E-state index >= 15 is 0 Å². The number of amides is 1. The Hall–Kier alpha value is -2.58. The summed E-state index contributed by atoms with van der Waals surface area (Å²) in [7, 11) is 1.57. The first-order valence-corrected chi connectivity index (χ1v) is 10.2. The van der Waals surface area contributed by atoms with Crippen LogP contribution in [0.2, 0.25) is 5.02 Å². The fourth-order valence-corrected chi connectivity index (χ4v) is 4.29. The van der Waals surface area contributed by atoms with Crippen molar-refractivity contribution in [2.75, 3.05) is 30.4 Å². The molecule has 9 heteroatoms. The first kappa shape index (κ1) is 18.8. The highest BCUT2D eigenvalue weighted by Gasteiger charge is 2.27. The Labute approximate surface area is 171 Å². The Morgan fingerprint density at radius 3 is 2.64 bits per heavy atom. The van der Waals surface area contributed by atoms with Crippen LogP contribution < -0.4 is 15.0 Å². The van der Waals surface area contributed by atoms with Crippen LogP contribution in [0.25, 0.3) is 5.13 Å². The zero-order chi connectivity index (χ0) is 19.5. The first-order valence-electron chi connectivity index (χ1n) is 9.00. The molecule has 0 saturated carbocycles. The summed E-state index contributed by atoms with van der Waals surface area (Å²) in [5, 5.41) is 13.8. The van der Waals surface area contributed by atoms with Gasteiger partial charge in [0.25, 0.3) is 0 Å². The van der Waals surface area contributed by atoms with Crippen LogP contribution in [0.3, 0.4) is 0 Å². The number of benzene rings is 1. The van der Waals surface area contributed by atoms with Gasteiger partial charge >= 0.3 is 0 Å². The zero-order valence-corrected chi connectivity index (χ0v) is 16.9. The molecule has 2 aromatic heterocycles. The van der Waals surface area contributed by atoms with Gasteiger partial charge < -0.3 is 15.0 Å². The van der Waals surface area contributed by atoms with E-state index in [2.05, 4.69) is 20.4 Å². The maximum Gasteiger partial charge on any atom is 0.227 e. The number of piperidine rings is 1. The standard InChI is InChI=1S/C19H20ClN5O2S/c1-27-16-5-4-14(20)12-15(16)21-17(26)13-6-10-25(11-7-13)19-23-22-18(28-19)24-8-2-3-9-24/h2-5,8-9,12-13H,6-7,10-11H2,1H3,(H,21,26). The van der Waals surface area contributed by atoms with Crippen LogP contribution in [0.5, 0.6) is 5.75 Å². The number of nitrogens with one attached hydrogen (secondary N) is 1. The lowest BCUT2D eigenvalue weighted by molar-refractivity contribution is -0.120. The molecule has 3 aromatic rings. The molecular formula is C19H20ClN5O2S. The predicted molar refractivity (Wildman–Crippen MR) is 111 cm³/mol. The van der Waals surface area contributed by atoms with Gasteiger partial charge in [0.15, 0.2) is 0 Å². The monoisotopic (exact) mass is 417 g/mol. The maximum atomic E-state index is 12.7. The van der Waals surface area contributed by atoms with E-state index in [1.807, 2.05) is 29.1 Å². The van der Waals surface area contributed by atoms with E-state index in [0.29, 0.717) is 16.5 Å². The summed E-state index contributed by atoms with van der Waals surface area (Å²) in [4.78, 5) is 14.9. The molecule has 0 atom stereocenters. The van der Waals surface area contributed by atoms with Crippen LogP contribution in [0.15, 0.2) is 42.7 Å². The van der Waals surface area contributed by atoms with Crippen LogP contribution in [-0.4, -0.2) is 40.9 Å². The second kappa shape index (κ2) is 8.20. The number of ether oxygens (including phenoxy) is 1. The summed E-state index contributed by atoms with van der Waals surface area (Å²) in [6.45, 7) is 1.54. The second-order valence-electron chi connectivity index (χ2n) is 6.55. The maximum absolute atomic E-state index is 12.7. The molecule has 4 rings (SSSR count). The molecule has 28 heavy (non-hydrogen) atoms. The number of anilines is 2. The Morgan fingerprint density at radius 2 is 1.93 bits per heavy atom. The Morgan fingerprint density at radius 1 is 1.21 bits per heavy atom. The van der Waals surface area contributed by atoms with Gasteiger partial charge in [0, 0.05) is 36.4 Å². The molecule has 3 heterocycles. The third-order valence-corrected chi connectivity index (χ3v) is 6.02. The van der Waals surface area contributed by atoms with Crippen LogP contribution in [0.4, 0.5) is 10.8 Å². The largest absolute Gasteiger partial charge is 0.495 e. The van der Waals surface area contributed by atoms with Crippen molar-refractivity contribution < 1.29 is 9.53 Å². The highest BCUT2D eigenvalue weighted by molar-refractivity contribution is 7.17. The van der Waals surface area contributed by atoms with Crippen LogP contribution in [0.1, 0.15) is 12.8 Å². The third kappa shape index (κ3) is 3.98. The number of aromatic nitrogens is 3. The van der Waals surface area contributed by atoms with Gasteiger partial charge in [-0.2, -0.15) is 0 Å². The van der Waals surface area contributed by atoms with Crippen molar-refractivity contribution in [3.63, 3.8) is 0 Å². The number of nitrogens with zero attached hydrogens (tertiary/aromatic N) is 4. The molecule has 1 saturated heterocycles. The Bertz CT molecular complexity index is 951. The average molecular weight is 418 g/mol. The molecule has 1 aliphatic heterocycles. The summed E-state index contributed by atoms with van der Waals surface area (Å²) in [6, 6.07) is 9.11. The van der Waals surface area contributed by atoms with Crippen LogP contribution >= 0.6 is 22.9 Å². The SMILES string of the molecule is COc1ccc(Cl)cc1NC(=O)C1CCN(c2nnc(-n3cccc3)s2)CC1. The van der Waals surface area contributed by atoms with Gasteiger partial charge in [-0.1, -0.05) is 22.9 Å². The second-order valence-corrected chi connectivity index (χ2v) is 7.92. The molecule has 1 fully saturated rings. The molecule has 1 aromatic carbocycles. The molecule has 0 radical (unpaired) electrons. The molecular weight excluding hydrogens is 398 g/mol. The fourth-order valence-electron chi connectivity index (χ4n) is 3.25. The van der Waals surface area contributed by atoms with Gasteiger partial charge in [-0.15, -0.1) is 10.2 Å². The number of halogens is 1. The van der Waals surface area contributed by atoms with Gasteiger partial charge in [-0.25, -0.2) is 0 Å². The van der Waals surface area contributed by atoms with E-state index in [-0.39, 0.29) is 11.8 Å². The number of carbonyl (C=O) groups excluding carboxylic acids is 1. The van der Waals surface area contributed by atoms with Crippen molar-refractivity contribution in [2.24, 2.45) is 5.92 Å². The van der Waals surface area contributed by atoms with Crippen molar-refractivity contribution in [3.05, 3.63) is 47.7 Å². The van der Waals surface area contributed by atoms with Gasteiger partial charge in [-0.3, -0.25) is 9.36 Å². The van der Waals surface area contributed by atoms with Crippen molar-refractivity contribution in [1.29, 1.82) is 0 Å². The number of hydrogen-bond donors (Lipinski definition) is 1. The molecule has 0 spiro atoms. The highest BCUT2D eigenvalue weighted by Crippen LogP contribution is 2.31. The lowest BCUT2D eigenvalue weighted by Crippen LogP contribution is -2.38. The molecule has 0 aliphatic carbocycles. The van der Waals surface area contributed by atoms with Crippen molar-refractivity contribution >= 4 is 39.7 Å². The summed E-state index contributed by atoms with van der Waals surface area (Å²) in [5.41, 5.74) is 0.600. The predicted octanol–water partition coefficient (Wildman–Crippen LogP) is 3.85. The minimum atomic E-state index is -0.0585. The number of carbonyl (C=O) groups is 1. The average Bonchev–Trinajstić information content (AvgIpc) is 3.40. The topological polar surface area (TPSA) is 72.3 Å². The van der Waals surface area contributed by atoms with Gasteiger partial charge in [0.05, 0.1) is 12.8 Å². The molecule has 1 aliphatic rings. The molecule has 0 bridgehead atoms. The smallest absolute Gasteiger partial charge is 0.227 e. The van der Waals surface area contributed by atoms with E-state index < -0.39 is 0 Å². The van der Waals surface area contributed by atoms with Gasteiger partial charge in [-0.05, 0) is 43.2 Å². The Kier molecular flexibility index (Phi) is 5.50. The van der Waals surface area contributed by atoms with Crippen molar-refractivity contribution in [2.45, 2.75) is 12.8 Å². The van der Waals surface area contributed by atoms with E-state index in [1.54, 1.807) is 36.6 Å². The molecule has 7 nitrogen and oxygen atoms in total. The fraction of sp³-hybridized carbons (Fsp3) is 0.316. The summed E-state index contributed by atoms with van der Waals surface area (Å²) in [6.07, 6.45) is 5.41. The number of methoxy groups -OCH3 is 1. The quantitative estimate of drug-likeness (QED) is 0.682. The summed E-state index contributed by atoms with van der Waals surface area (Å²) in [5.74, 6) is 0.531.